The summed E-state index contributed by atoms with van der Waals surface area (Å²) in [6.45, 7) is 3.98. The van der Waals surface area contributed by atoms with Gasteiger partial charge >= 0.3 is 11.9 Å². The summed E-state index contributed by atoms with van der Waals surface area (Å²) in [5.41, 5.74) is 4.54. The van der Waals surface area contributed by atoms with E-state index in [1.807, 2.05) is 36.4 Å². The first-order chi connectivity index (χ1) is 19.5. The summed E-state index contributed by atoms with van der Waals surface area (Å²) in [4.78, 5) is 38.6. The number of benzene rings is 2. The number of ether oxygens (including phenoxy) is 2. The second-order valence-corrected chi connectivity index (χ2v) is 8.91. The average Bonchev–Trinajstić information content (AvgIpc) is 3.00. The molecule has 3 heterocycles. The zero-order valence-electron chi connectivity index (χ0n) is 22.2. The topological polar surface area (TPSA) is 91.3 Å². The minimum Gasteiger partial charge on any atom is -0.462 e. The zero-order valence-corrected chi connectivity index (χ0v) is 22.2. The van der Waals surface area contributed by atoms with E-state index in [0.717, 1.165) is 11.1 Å². The maximum Gasteiger partial charge on any atom is 0.338 e. The number of pyridine rings is 3. The Morgan fingerprint density at radius 3 is 1.90 bits per heavy atom. The molecule has 0 atom stereocenters. The van der Waals surface area contributed by atoms with E-state index in [1.165, 1.54) is 17.0 Å². The number of rotatable bonds is 8. The highest BCUT2D eigenvalue weighted by molar-refractivity contribution is 5.93. The fraction of sp³-hybridized carbons (Fsp3) is 0.121. The molecule has 40 heavy (non-hydrogen) atoms. The monoisotopic (exact) mass is 529 g/mol. The van der Waals surface area contributed by atoms with Crippen molar-refractivity contribution in [3.05, 3.63) is 114 Å². The van der Waals surface area contributed by atoms with E-state index in [0.29, 0.717) is 33.9 Å². The highest BCUT2D eigenvalue weighted by Gasteiger charge is 2.16. The van der Waals surface area contributed by atoms with Crippen molar-refractivity contribution in [1.29, 1.82) is 0 Å². The Hall–Kier alpha value is -5.17. The first-order valence-electron chi connectivity index (χ1n) is 13.0. The van der Waals surface area contributed by atoms with Gasteiger partial charge in [0.1, 0.15) is 0 Å². The molecule has 7 nitrogen and oxygen atoms in total. The fourth-order valence-electron chi connectivity index (χ4n) is 4.23. The number of esters is 2. The molecule has 0 saturated heterocycles. The van der Waals surface area contributed by atoms with Crippen molar-refractivity contribution in [2.45, 2.75) is 13.8 Å². The lowest BCUT2D eigenvalue weighted by atomic mass is 10.1. The molecule has 5 rings (SSSR count). The molecule has 0 saturated carbocycles. The van der Waals surface area contributed by atoms with Crippen LogP contribution in [0.4, 0.5) is 0 Å². The van der Waals surface area contributed by atoms with Gasteiger partial charge in [-0.05, 0) is 78.2 Å². The maximum absolute atomic E-state index is 12.7. The van der Waals surface area contributed by atoms with Crippen LogP contribution in [0.2, 0.25) is 0 Å². The first kappa shape index (κ1) is 26.4. The Morgan fingerprint density at radius 2 is 1.20 bits per heavy atom. The van der Waals surface area contributed by atoms with Crippen LogP contribution in [0.15, 0.2) is 91.3 Å². The van der Waals surface area contributed by atoms with Gasteiger partial charge in [0, 0.05) is 12.4 Å². The van der Waals surface area contributed by atoms with Crippen LogP contribution in [0.3, 0.4) is 0 Å². The van der Waals surface area contributed by atoms with Crippen LogP contribution in [-0.4, -0.2) is 40.1 Å². The quantitative estimate of drug-likeness (QED) is 0.202. The molecule has 0 N–H and O–H groups in total. The van der Waals surface area contributed by atoms with Crippen molar-refractivity contribution < 1.29 is 19.1 Å². The Morgan fingerprint density at radius 1 is 0.625 bits per heavy atom. The summed E-state index contributed by atoms with van der Waals surface area (Å²) in [5, 5.41) is 2.37. The van der Waals surface area contributed by atoms with Crippen LogP contribution in [-0.2, 0) is 9.47 Å². The van der Waals surface area contributed by atoms with Crippen LogP contribution in [0.5, 0.6) is 0 Å². The molecule has 0 bridgehead atoms. The minimum atomic E-state index is -0.485. The number of hydrogen-bond acceptors (Lipinski definition) is 7. The van der Waals surface area contributed by atoms with E-state index in [-0.39, 0.29) is 13.2 Å². The predicted octanol–water partition coefficient (Wildman–Crippen LogP) is 6.88. The van der Waals surface area contributed by atoms with Gasteiger partial charge in [-0.2, -0.15) is 0 Å². The molecule has 0 unspecified atom stereocenters. The van der Waals surface area contributed by atoms with Crippen LogP contribution in [0, 0.1) is 0 Å². The smallest absolute Gasteiger partial charge is 0.338 e. The summed E-state index contributed by atoms with van der Waals surface area (Å²) in [6, 6.07) is 24.8. The van der Waals surface area contributed by atoms with Crippen molar-refractivity contribution >= 4 is 34.9 Å². The molecule has 0 amide bonds. The van der Waals surface area contributed by atoms with Gasteiger partial charge in [0.2, 0.25) is 0 Å². The number of fused-ring (bicyclic) bond motifs is 1. The van der Waals surface area contributed by atoms with Crippen LogP contribution >= 0.6 is 0 Å². The van der Waals surface area contributed by atoms with Crippen LogP contribution < -0.4 is 0 Å². The molecule has 5 aromatic rings. The Balaban J connectivity index is 1.51. The second kappa shape index (κ2) is 12.1. The third kappa shape index (κ3) is 6.10. The molecule has 0 radical (unpaired) electrons. The Kier molecular flexibility index (Phi) is 8.02. The molecule has 0 aliphatic heterocycles. The Bertz CT molecular complexity index is 1730. The summed E-state index contributed by atoms with van der Waals surface area (Å²) >= 11 is 0. The summed E-state index contributed by atoms with van der Waals surface area (Å²) in [7, 11) is 0. The number of carbonyl (C=O) groups is 2. The number of hydrogen-bond donors (Lipinski definition) is 0. The van der Waals surface area contributed by atoms with Gasteiger partial charge < -0.3 is 9.47 Å². The first-order valence-corrected chi connectivity index (χ1v) is 13.0. The highest BCUT2D eigenvalue weighted by atomic mass is 16.5. The van der Waals surface area contributed by atoms with Crippen molar-refractivity contribution in [1.82, 2.24) is 15.0 Å². The largest absolute Gasteiger partial charge is 0.462 e. The minimum absolute atomic E-state index is 0.232. The van der Waals surface area contributed by atoms with Crippen molar-refractivity contribution in [2.24, 2.45) is 0 Å². The lowest BCUT2D eigenvalue weighted by Crippen LogP contribution is -2.07. The van der Waals surface area contributed by atoms with Gasteiger partial charge in [0.05, 0.1) is 47.1 Å². The molecular formula is C33H27N3O4. The van der Waals surface area contributed by atoms with Crippen LogP contribution in [0.1, 0.15) is 45.7 Å². The fourth-order valence-corrected chi connectivity index (χ4v) is 4.23. The van der Waals surface area contributed by atoms with Gasteiger partial charge in [-0.3, -0.25) is 9.97 Å². The number of nitrogens with zero attached hydrogens (tertiary/aromatic N) is 3. The molecule has 198 valence electrons. The molecule has 3 aromatic heterocycles. The summed E-state index contributed by atoms with van der Waals surface area (Å²) in [6.07, 6.45) is 7.27. The second-order valence-electron chi connectivity index (χ2n) is 8.91. The SMILES string of the molecule is CCOC(=O)c1ccnc(-c2cc(C(=O)OCC)cc(-c3cc(/C=C/c4ccc5ccccc5c4)ccn3)n2)c1. The number of carbonyl (C=O) groups excluding carboxylic acids is 2. The standard InChI is InChI=1S/C33H27N3O4/c1-3-39-32(37)26-14-16-35-29(19-26)31-21-27(33(38)40-4-2)20-30(36-31)28-18-23(13-15-34-28)10-9-22-11-12-24-7-5-6-8-25(24)17-22/h5-21H,3-4H2,1-2H3/b10-9+. The van der Waals surface area contributed by atoms with Gasteiger partial charge in [-0.1, -0.05) is 48.6 Å². The van der Waals surface area contributed by atoms with E-state index in [1.54, 1.807) is 44.3 Å². The van der Waals surface area contributed by atoms with Gasteiger partial charge in [0.25, 0.3) is 0 Å². The van der Waals surface area contributed by atoms with Crippen molar-refractivity contribution in [3.63, 3.8) is 0 Å². The summed E-state index contributed by atoms with van der Waals surface area (Å²) in [5.74, 6) is -0.943. The van der Waals surface area contributed by atoms with Gasteiger partial charge in [-0.25, -0.2) is 14.6 Å². The van der Waals surface area contributed by atoms with E-state index < -0.39 is 11.9 Å². The molecule has 0 aliphatic rings. The van der Waals surface area contributed by atoms with Gasteiger partial charge in [-0.15, -0.1) is 0 Å². The average molecular weight is 530 g/mol. The maximum atomic E-state index is 12.7. The zero-order chi connectivity index (χ0) is 27.9. The molecule has 7 heteroatoms. The van der Waals surface area contributed by atoms with Crippen LogP contribution in [0.25, 0.3) is 45.7 Å². The predicted molar refractivity (Wildman–Crippen MR) is 155 cm³/mol. The van der Waals surface area contributed by atoms with E-state index in [2.05, 4.69) is 40.3 Å². The molecular weight excluding hydrogens is 502 g/mol. The summed E-state index contributed by atoms with van der Waals surface area (Å²) < 4.78 is 10.4. The normalized spacial score (nSPS) is 11.1. The van der Waals surface area contributed by atoms with Crippen molar-refractivity contribution in [2.75, 3.05) is 13.2 Å². The molecule has 0 aliphatic carbocycles. The molecule has 0 spiro atoms. The number of aromatic nitrogens is 3. The van der Waals surface area contributed by atoms with E-state index in [9.17, 15) is 9.59 Å². The molecule has 2 aromatic carbocycles. The molecule has 0 fully saturated rings. The third-order valence-corrected chi connectivity index (χ3v) is 6.16. The van der Waals surface area contributed by atoms with E-state index >= 15 is 0 Å². The van der Waals surface area contributed by atoms with Gasteiger partial charge in [0.15, 0.2) is 0 Å². The Labute approximate surface area is 232 Å². The van der Waals surface area contributed by atoms with Crippen molar-refractivity contribution in [3.8, 4) is 22.8 Å². The lowest BCUT2D eigenvalue weighted by Gasteiger charge is -2.10. The third-order valence-electron chi connectivity index (χ3n) is 6.16. The highest BCUT2D eigenvalue weighted by Crippen LogP contribution is 2.25. The lowest BCUT2D eigenvalue weighted by molar-refractivity contribution is 0.0516. The van der Waals surface area contributed by atoms with E-state index in [4.69, 9.17) is 14.5 Å².